The van der Waals surface area contributed by atoms with Crippen molar-refractivity contribution in [2.24, 2.45) is 0 Å². The number of hydrogen-bond acceptors (Lipinski definition) is 7. The van der Waals surface area contributed by atoms with Gasteiger partial charge in [-0.3, -0.25) is 14.6 Å². The summed E-state index contributed by atoms with van der Waals surface area (Å²) in [6.07, 6.45) is 4.32. The summed E-state index contributed by atoms with van der Waals surface area (Å²) in [6.45, 7) is 0.709. The number of rotatable bonds is 10. The van der Waals surface area contributed by atoms with Gasteiger partial charge in [0.05, 0.1) is 25.3 Å². The average molecular weight is 645 g/mol. The Hall–Kier alpha value is -5.90. The van der Waals surface area contributed by atoms with Crippen molar-refractivity contribution in [2.75, 3.05) is 39.7 Å². The topological polar surface area (TPSA) is 94.9 Å². The number of carbonyl (C=O) groups is 1. The summed E-state index contributed by atoms with van der Waals surface area (Å²) < 4.78 is 35.0. The van der Waals surface area contributed by atoms with Crippen molar-refractivity contribution in [1.29, 1.82) is 0 Å². The van der Waals surface area contributed by atoms with Crippen LogP contribution < -0.4 is 25.0 Å². The van der Waals surface area contributed by atoms with Gasteiger partial charge in [-0.1, -0.05) is 36.4 Å². The third-order valence-corrected chi connectivity index (χ3v) is 8.66. The van der Waals surface area contributed by atoms with E-state index in [-0.39, 0.29) is 22.4 Å². The molecule has 2 aromatic heterocycles. The zero-order chi connectivity index (χ0) is 33.4. The number of halogens is 1. The Morgan fingerprint density at radius 2 is 1.73 bits per heavy atom. The van der Waals surface area contributed by atoms with Crippen LogP contribution in [0.25, 0.3) is 27.4 Å². The molecule has 0 saturated heterocycles. The number of benzene rings is 4. The SMILES string of the molecule is COc1ccc(CCNc2c(F)cc3c(=O)c(C(=O)N(C)CCc4ccccn4)cn4c3c2Oc2cc3ccccc3cc2-4)cc1OC. The number of pyridine rings is 2. The number of ether oxygens (including phenoxy) is 3. The molecule has 7 rings (SSSR count). The lowest BCUT2D eigenvalue weighted by Gasteiger charge is -2.27. The number of nitrogens with zero attached hydrogens (tertiary/aromatic N) is 3. The molecule has 4 aromatic carbocycles. The molecule has 0 saturated carbocycles. The normalized spacial score (nSPS) is 11.6. The molecule has 0 radical (unpaired) electrons. The van der Waals surface area contributed by atoms with Gasteiger partial charge >= 0.3 is 0 Å². The number of fused-ring (bicyclic) bond motifs is 3. The van der Waals surface area contributed by atoms with E-state index in [9.17, 15) is 9.59 Å². The fourth-order valence-electron chi connectivity index (χ4n) is 6.12. The van der Waals surface area contributed by atoms with Gasteiger partial charge in [0.25, 0.3) is 5.91 Å². The van der Waals surface area contributed by atoms with Gasteiger partial charge in [0.2, 0.25) is 5.43 Å². The number of carbonyl (C=O) groups excluding carboxylic acids is 1. The van der Waals surface area contributed by atoms with E-state index in [1.807, 2.05) is 72.8 Å². The highest BCUT2D eigenvalue weighted by Gasteiger charge is 2.29. The summed E-state index contributed by atoms with van der Waals surface area (Å²) in [7, 11) is 4.80. The molecule has 9 nitrogen and oxygen atoms in total. The van der Waals surface area contributed by atoms with Crippen molar-refractivity contribution in [3.05, 3.63) is 124 Å². The van der Waals surface area contributed by atoms with Crippen molar-refractivity contribution < 1.29 is 23.4 Å². The first-order valence-electron chi connectivity index (χ1n) is 15.6. The number of nitrogens with one attached hydrogen (secondary N) is 1. The van der Waals surface area contributed by atoms with Crippen LogP contribution in [0.3, 0.4) is 0 Å². The second-order valence-corrected chi connectivity index (χ2v) is 11.6. The molecule has 0 fully saturated rings. The number of aromatic nitrogens is 2. The molecule has 48 heavy (non-hydrogen) atoms. The molecule has 6 aromatic rings. The lowest BCUT2D eigenvalue weighted by molar-refractivity contribution is 0.0794. The van der Waals surface area contributed by atoms with Gasteiger partial charge in [-0.25, -0.2) is 4.39 Å². The second kappa shape index (κ2) is 12.7. The molecule has 1 aliphatic heterocycles. The van der Waals surface area contributed by atoms with Gasteiger partial charge in [-0.05, 0) is 65.2 Å². The maximum absolute atomic E-state index is 16.0. The Balaban J connectivity index is 1.30. The third kappa shape index (κ3) is 5.55. The molecule has 1 aliphatic rings. The highest BCUT2D eigenvalue weighted by molar-refractivity contribution is 6.02. The predicted octanol–water partition coefficient (Wildman–Crippen LogP) is 6.77. The van der Waals surface area contributed by atoms with Crippen LogP contribution in [0.2, 0.25) is 0 Å². The number of likely N-dealkylation sites (N-methyl/N-ethyl adjacent to an activating group) is 1. The van der Waals surface area contributed by atoms with Crippen molar-refractivity contribution >= 4 is 33.3 Å². The van der Waals surface area contributed by atoms with Crippen molar-refractivity contribution in [3.8, 4) is 28.7 Å². The number of anilines is 1. The van der Waals surface area contributed by atoms with E-state index < -0.39 is 17.2 Å². The lowest BCUT2D eigenvalue weighted by Crippen LogP contribution is -2.33. The Kier molecular flexibility index (Phi) is 8.14. The largest absolute Gasteiger partial charge is 0.493 e. The summed E-state index contributed by atoms with van der Waals surface area (Å²) >= 11 is 0. The minimum absolute atomic E-state index is 0.0516. The molecule has 10 heteroatoms. The zero-order valence-electron chi connectivity index (χ0n) is 26.7. The van der Waals surface area contributed by atoms with E-state index in [1.165, 1.54) is 11.0 Å². The second-order valence-electron chi connectivity index (χ2n) is 11.6. The Bertz CT molecular complexity index is 2250. The standard InChI is InChI=1S/C38H33FN4O5/c1-42(17-14-26-10-6-7-15-40-26)38(45)28-22-43-30-19-24-8-4-5-9-25(24)20-32(30)48-37-34(29(39)21-27(35(37)43)36(28)44)41-16-13-23-11-12-31(46-2)33(18-23)47-3/h4-12,15,18-22,41H,13-14,16-17H2,1-3H3. The lowest BCUT2D eigenvalue weighted by atomic mass is 10.0. The van der Waals surface area contributed by atoms with E-state index in [0.29, 0.717) is 54.4 Å². The van der Waals surface area contributed by atoms with Crippen LogP contribution in [0.5, 0.6) is 23.0 Å². The summed E-state index contributed by atoms with van der Waals surface area (Å²) in [5.41, 5.74) is 2.30. The van der Waals surface area contributed by atoms with Crippen LogP contribution in [0.15, 0.2) is 96.1 Å². The van der Waals surface area contributed by atoms with Crippen LogP contribution in [-0.2, 0) is 12.8 Å². The van der Waals surface area contributed by atoms with Crippen LogP contribution in [0.4, 0.5) is 10.1 Å². The summed E-state index contributed by atoms with van der Waals surface area (Å²) in [5.74, 6) is 0.751. The zero-order valence-corrected chi connectivity index (χ0v) is 26.7. The monoisotopic (exact) mass is 644 g/mol. The summed E-state index contributed by atoms with van der Waals surface area (Å²) in [4.78, 5) is 33.6. The minimum atomic E-state index is -0.661. The quantitative estimate of drug-likeness (QED) is 0.176. The molecule has 0 unspecified atom stereocenters. The third-order valence-electron chi connectivity index (χ3n) is 8.66. The number of amides is 1. The Morgan fingerprint density at radius 1 is 0.958 bits per heavy atom. The van der Waals surface area contributed by atoms with Crippen molar-refractivity contribution in [1.82, 2.24) is 14.5 Å². The average Bonchev–Trinajstić information content (AvgIpc) is 3.11. The maximum Gasteiger partial charge on any atom is 0.259 e. The molecule has 1 N–H and O–H groups in total. The van der Waals surface area contributed by atoms with E-state index in [1.54, 1.807) is 38.2 Å². The van der Waals surface area contributed by atoms with Gasteiger partial charge < -0.3 is 29.0 Å². The van der Waals surface area contributed by atoms with E-state index >= 15 is 4.39 Å². The van der Waals surface area contributed by atoms with Crippen molar-refractivity contribution in [2.45, 2.75) is 12.8 Å². The van der Waals surface area contributed by atoms with Crippen LogP contribution in [-0.4, -0.2) is 54.7 Å². The van der Waals surface area contributed by atoms with E-state index in [4.69, 9.17) is 14.2 Å². The van der Waals surface area contributed by atoms with Gasteiger partial charge in [-0.15, -0.1) is 0 Å². The van der Waals surface area contributed by atoms with Gasteiger partial charge in [-0.2, -0.15) is 0 Å². The van der Waals surface area contributed by atoms with Crippen LogP contribution >= 0.6 is 0 Å². The number of hydrogen-bond donors (Lipinski definition) is 1. The van der Waals surface area contributed by atoms with Crippen LogP contribution in [0, 0.1) is 5.82 Å². The Morgan fingerprint density at radius 3 is 2.48 bits per heavy atom. The van der Waals surface area contributed by atoms with E-state index in [0.717, 1.165) is 22.0 Å². The fraction of sp³-hybridized carbons (Fsp3) is 0.184. The summed E-state index contributed by atoms with van der Waals surface area (Å²) in [5, 5.41) is 5.14. The molecule has 1 amide bonds. The first-order chi connectivity index (χ1) is 23.4. The van der Waals surface area contributed by atoms with Gasteiger partial charge in [0, 0.05) is 44.6 Å². The molecule has 3 heterocycles. The molecule has 0 aliphatic carbocycles. The van der Waals surface area contributed by atoms with Gasteiger partial charge in [0.1, 0.15) is 16.8 Å². The van der Waals surface area contributed by atoms with Crippen LogP contribution in [0.1, 0.15) is 21.6 Å². The molecular weight excluding hydrogens is 611 g/mol. The van der Waals surface area contributed by atoms with E-state index in [2.05, 4.69) is 10.3 Å². The predicted molar refractivity (Wildman–Crippen MR) is 184 cm³/mol. The molecule has 0 spiro atoms. The fourth-order valence-corrected chi connectivity index (χ4v) is 6.12. The molecule has 242 valence electrons. The maximum atomic E-state index is 16.0. The van der Waals surface area contributed by atoms with Crippen molar-refractivity contribution in [3.63, 3.8) is 0 Å². The smallest absolute Gasteiger partial charge is 0.259 e. The van der Waals surface area contributed by atoms with Gasteiger partial charge in [0.15, 0.2) is 28.8 Å². The first kappa shape index (κ1) is 30.7. The first-order valence-corrected chi connectivity index (χ1v) is 15.6. The molecule has 0 atom stereocenters. The molecule has 0 bridgehead atoms. The number of methoxy groups -OCH3 is 2. The summed E-state index contributed by atoms with van der Waals surface area (Å²) in [6, 6.07) is 24.1. The highest BCUT2D eigenvalue weighted by Crippen LogP contribution is 2.46. The minimum Gasteiger partial charge on any atom is -0.493 e. The Labute approximate surface area is 276 Å². The highest BCUT2D eigenvalue weighted by atomic mass is 19.1. The molecular formula is C38H33FN4O5.